The Labute approximate surface area is 112 Å². The summed E-state index contributed by atoms with van der Waals surface area (Å²) in [7, 11) is 0. The maximum Gasteiger partial charge on any atom is 0.326 e. The van der Waals surface area contributed by atoms with E-state index in [2.05, 4.69) is 5.32 Å². The van der Waals surface area contributed by atoms with E-state index in [-0.39, 0.29) is 5.92 Å². The number of carboxylic acids is 1. The number of anilines is 1. The van der Waals surface area contributed by atoms with E-state index in [1.165, 1.54) is 6.42 Å². The van der Waals surface area contributed by atoms with Crippen LogP contribution in [0.1, 0.15) is 32.1 Å². The molecule has 0 aliphatic heterocycles. The summed E-state index contributed by atoms with van der Waals surface area (Å²) in [4.78, 5) is 11.4. The van der Waals surface area contributed by atoms with Gasteiger partial charge in [-0.3, -0.25) is 0 Å². The standard InChI is InChI=1S/C14H18ClNO2/c15-11-7-4-8-12(9-11)16-13(14(17)18)10-5-2-1-3-6-10/h4,7-10,13,16H,1-3,5-6H2,(H,17,18). The molecule has 1 aromatic carbocycles. The first-order valence-electron chi connectivity index (χ1n) is 6.42. The molecule has 1 atom stereocenters. The van der Waals surface area contributed by atoms with Gasteiger partial charge in [-0.2, -0.15) is 0 Å². The zero-order valence-corrected chi connectivity index (χ0v) is 11.0. The van der Waals surface area contributed by atoms with Crippen LogP contribution in [0.3, 0.4) is 0 Å². The number of nitrogens with one attached hydrogen (secondary N) is 1. The van der Waals surface area contributed by atoms with E-state index in [4.69, 9.17) is 11.6 Å². The number of benzene rings is 1. The highest BCUT2D eigenvalue weighted by Crippen LogP contribution is 2.28. The maximum atomic E-state index is 11.4. The summed E-state index contributed by atoms with van der Waals surface area (Å²) in [5.74, 6) is -0.558. The van der Waals surface area contributed by atoms with Crippen molar-refractivity contribution in [3.05, 3.63) is 29.3 Å². The molecular formula is C14H18ClNO2. The summed E-state index contributed by atoms with van der Waals surface area (Å²) in [6, 6.07) is 6.71. The fourth-order valence-electron chi connectivity index (χ4n) is 2.61. The van der Waals surface area contributed by atoms with E-state index in [1.807, 2.05) is 12.1 Å². The van der Waals surface area contributed by atoms with Gasteiger partial charge in [-0.25, -0.2) is 4.79 Å². The molecule has 0 aromatic heterocycles. The van der Waals surface area contributed by atoms with E-state index in [9.17, 15) is 9.90 Å². The van der Waals surface area contributed by atoms with Crippen LogP contribution in [0.4, 0.5) is 5.69 Å². The predicted octanol–water partition coefficient (Wildman–Crippen LogP) is 3.79. The Balaban J connectivity index is 2.08. The summed E-state index contributed by atoms with van der Waals surface area (Å²) in [6.07, 6.45) is 5.46. The van der Waals surface area contributed by atoms with Gasteiger partial charge in [-0.15, -0.1) is 0 Å². The molecule has 0 radical (unpaired) electrons. The van der Waals surface area contributed by atoms with Crippen LogP contribution < -0.4 is 5.32 Å². The summed E-state index contributed by atoms with van der Waals surface area (Å²) >= 11 is 5.91. The molecule has 0 heterocycles. The number of aliphatic carboxylic acids is 1. The minimum atomic E-state index is -0.776. The van der Waals surface area contributed by atoms with Crippen molar-refractivity contribution in [2.45, 2.75) is 38.1 Å². The third-order valence-corrected chi connectivity index (χ3v) is 3.77. The molecule has 1 unspecified atom stereocenters. The molecule has 1 aliphatic carbocycles. The van der Waals surface area contributed by atoms with Crippen LogP contribution in [-0.2, 0) is 4.79 Å². The fourth-order valence-corrected chi connectivity index (χ4v) is 2.80. The van der Waals surface area contributed by atoms with E-state index in [1.54, 1.807) is 12.1 Å². The Morgan fingerprint density at radius 2 is 2.06 bits per heavy atom. The number of hydrogen-bond donors (Lipinski definition) is 2. The van der Waals surface area contributed by atoms with E-state index < -0.39 is 12.0 Å². The molecule has 1 aliphatic rings. The van der Waals surface area contributed by atoms with Crippen molar-refractivity contribution in [2.75, 3.05) is 5.32 Å². The second-order valence-corrected chi connectivity index (χ2v) is 5.31. The van der Waals surface area contributed by atoms with Gasteiger partial charge in [0.05, 0.1) is 0 Å². The van der Waals surface area contributed by atoms with Gasteiger partial charge in [0.15, 0.2) is 0 Å². The van der Waals surface area contributed by atoms with Crippen LogP contribution in [-0.4, -0.2) is 17.1 Å². The number of hydrogen-bond acceptors (Lipinski definition) is 2. The van der Waals surface area contributed by atoms with Crippen LogP contribution in [0.5, 0.6) is 0 Å². The monoisotopic (exact) mass is 267 g/mol. The van der Waals surface area contributed by atoms with E-state index in [0.717, 1.165) is 31.4 Å². The first-order valence-corrected chi connectivity index (χ1v) is 6.79. The van der Waals surface area contributed by atoms with Crippen LogP contribution >= 0.6 is 11.6 Å². The Morgan fingerprint density at radius 3 is 2.67 bits per heavy atom. The molecule has 3 nitrogen and oxygen atoms in total. The molecule has 0 bridgehead atoms. The lowest BCUT2D eigenvalue weighted by Crippen LogP contribution is -2.37. The van der Waals surface area contributed by atoms with Crippen LogP contribution in [0.15, 0.2) is 24.3 Å². The minimum absolute atomic E-state index is 0.218. The average molecular weight is 268 g/mol. The number of halogens is 1. The number of carbonyl (C=O) groups is 1. The second kappa shape index (κ2) is 6.10. The molecule has 0 amide bonds. The van der Waals surface area contributed by atoms with Crippen LogP contribution in [0, 0.1) is 5.92 Å². The normalized spacial score (nSPS) is 18.3. The van der Waals surface area contributed by atoms with Crippen molar-refractivity contribution in [1.29, 1.82) is 0 Å². The lowest BCUT2D eigenvalue weighted by Gasteiger charge is -2.28. The van der Waals surface area contributed by atoms with Gasteiger partial charge < -0.3 is 10.4 Å². The van der Waals surface area contributed by atoms with E-state index in [0.29, 0.717) is 5.02 Å². The van der Waals surface area contributed by atoms with Gasteiger partial charge in [0, 0.05) is 10.7 Å². The molecule has 2 rings (SSSR count). The van der Waals surface area contributed by atoms with Crippen LogP contribution in [0.2, 0.25) is 5.02 Å². The summed E-state index contributed by atoms with van der Waals surface area (Å²) in [6.45, 7) is 0. The number of carboxylic acid groups (broad SMARTS) is 1. The third kappa shape index (κ3) is 3.39. The average Bonchev–Trinajstić information content (AvgIpc) is 2.37. The first-order chi connectivity index (χ1) is 8.66. The summed E-state index contributed by atoms with van der Waals surface area (Å²) < 4.78 is 0. The summed E-state index contributed by atoms with van der Waals surface area (Å²) in [5.41, 5.74) is 0.778. The van der Waals surface area contributed by atoms with Gasteiger partial charge in [0.2, 0.25) is 0 Å². The van der Waals surface area contributed by atoms with Gasteiger partial charge in [-0.1, -0.05) is 36.9 Å². The van der Waals surface area contributed by atoms with Crippen molar-refractivity contribution >= 4 is 23.3 Å². The Hall–Kier alpha value is -1.22. The molecule has 0 spiro atoms. The SMILES string of the molecule is O=C(O)C(Nc1cccc(Cl)c1)C1CCCCC1. The van der Waals surface area contributed by atoms with Gasteiger partial charge in [0.25, 0.3) is 0 Å². The Morgan fingerprint density at radius 1 is 1.33 bits per heavy atom. The van der Waals surface area contributed by atoms with Crippen molar-refractivity contribution in [2.24, 2.45) is 5.92 Å². The number of rotatable bonds is 4. The molecule has 1 saturated carbocycles. The highest BCUT2D eigenvalue weighted by Gasteiger charge is 2.29. The molecule has 2 N–H and O–H groups in total. The smallest absolute Gasteiger partial charge is 0.326 e. The van der Waals surface area contributed by atoms with Gasteiger partial charge in [0.1, 0.15) is 6.04 Å². The topological polar surface area (TPSA) is 49.3 Å². The molecule has 98 valence electrons. The highest BCUT2D eigenvalue weighted by atomic mass is 35.5. The van der Waals surface area contributed by atoms with E-state index >= 15 is 0 Å². The van der Waals surface area contributed by atoms with Crippen molar-refractivity contribution in [3.8, 4) is 0 Å². The quantitative estimate of drug-likeness (QED) is 0.873. The zero-order valence-electron chi connectivity index (χ0n) is 10.2. The third-order valence-electron chi connectivity index (χ3n) is 3.53. The summed E-state index contributed by atoms with van der Waals surface area (Å²) in [5, 5.41) is 13.1. The Kier molecular flexibility index (Phi) is 4.48. The Bertz CT molecular complexity index is 416. The molecule has 18 heavy (non-hydrogen) atoms. The van der Waals surface area contributed by atoms with Crippen molar-refractivity contribution in [3.63, 3.8) is 0 Å². The first kappa shape index (κ1) is 13.2. The largest absolute Gasteiger partial charge is 0.480 e. The predicted molar refractivity (Wildman–Crippen MR) is 73.1 cm³/mol. The second-order valence-electron chi connectivity index (χ2n) is 4.87. The molecule has 1 fully saturated rings. The minimum Gasteiger partial charge on any atom is -0.480 e. The van der Waals surface area contributed by atoms with Crippen molar-refractivity contribution in [1.82, 2.24) is 0 Å². The lowest BCUT2D eigenvalue weighted by atomic mass is 9.84. The maximum absolute atomic E-state index is 11.4. The molecular weight excluding hydrogens is 250 g/mol. The molecule has 0 saturated heterocycles. The van der Waals surface area contributed by atoms with Gasteiger partial charge >= 0.3 is 5.97 Å². The molecule has 1 aromatic rings. The molecule has 4 heteroatoms. The van der Waals surface area contributed by atoms with Gasteiger partial charge in [-0.05, 0) is 37.0 Å². The lowest BCUT2D eigenvalue weighted by molar-refractivity contribution is -0.139. The van der Waals surface area contributed by atoms with Crippen LogP contribution in [0.25, 0.3) is 0 Å². The zero-order chi connectivity index (χ0) is 13.0. The fraction of sp³-hybridized carbons (Fsp3) is 0.500. The highest BCUT2D eigenvalue weighted by molar-refractivity contribution is 6.30. The van der Waals surface area contributed by atoms with Crippen molar-refractivity contribution < 1.29 is 9.90 Å².